The Morgan fingerprint density at radius 3 is 2.42 bits per heavy atom. The van der Waals surface area contributed by atoms with E-state index < -0.39 is 5.41 Å². The molecule has 0 radical (unpaired) electrons. The second-order valence-electron chi connectivity index (χ2n) is 6.69. The Kier molecular flexibility index (Phi) is 4.47. The first-order chi connectivity index (χ1) is 12.7. The van der Waals surface area contributed by atoms with Gasteiger partial charge in [-0.25, -0.2) is 9.67 Å². The number of nitrogens with zero attached hydrogens (tertiary/aromatic N) is 3. The third-order valence-electron chi connectivity index (χ3n) is 5.06. The van der Waals surface area contributed by atoms with Gasteiger partial charge in [0.2, 0.25) is 5.91 Å². The topological polar surface area (TPSA) is 59.8 Å². The fourth-order valence-corrected chi connectivity index (χ4v) is 3.52. The quantitative estimate of drug-likeness (QED) is 0.741. The normalized spacial score (nSPS) is 15.3. The van der Waals surface area contributed by atoms with Crippen LogP contribution < -0.4 is 5.32 Å². The Morgan fingerprint density at radius 1 is 1.12 bits per heavy atom. The standard InChI is InChI=1S/C20H19ClN4O/c21-17-6-4-16(5-7-17)20(10-1-11-20)19(26)24-18-8-2-15(3-9-18)12-25-14-22-13-23-25/h2-9,13-14H,1,10-12H2,(H,24,26). The molecule has 0 aliphatic heterocycles. The second kappa shape index (κ2) is 6.92. The molecule has 1 fully saturated rings. The van der Waals surface area contributed by atoms with Gasteiger partial charge in [0.15, 0.2) is 0 Å². The molecule has 1 aliphatic rings. The first kappa shape index (κ1) is 16.8. The molecule has 1 aromatic heterocycles. The molecule has 1 saturated carbocycles. The number of rotatable bonds is 5. The molecule has 132 valence electrons. The van der Waals surface area contributed by atoms with E-state index in [-0.39, 0.29) is 5.91 Å². The summed E-state index contributed by atoms with van der Waals surface area (Å²) in [6, 6.07) is 15.5. The molecule has 6 heteroatoms. The van der Waals surface area contributed by atoms with Crippen molar-refractivity contribution in [1.29, 1.82) is 0 Å². The maximum atomic E-state index is 13.0. The summed E-state index contributed by atoms with van der Waals surface area (Å²) in [5.41, 5.74) is 2.50. The van der Waals surface area contributed by atoms with Crippen molar-refractivity contribution >= 4 is 23.2 Å². The van der Waals surface area contributed by atoms with Gasteiger partial charge in [-0.15, -0.1) is 0 Å². The summed E-state index contributed by atoms with van der Waals surface area (Å²) < 4.78 is 1.76. The summed E-state index contributed by atoms with van der Waals surface area (Å²) in [7, 11) is 0. The van der Waals surface area contributed by atoms with Gasteiger partial charge >= 0.3 is 0 Å². The number of aromatic nitrogens is 3. The zero-order chi connectivity index (χ0) is 18.0. The van der Waals surface area contributed by atoms with Crippen LogP contribution >= 0.6 is 11.6 Å². The van der Waals surface area contributed by atoms with Crippen LogP contribution in [0.2, 0.25) is 5.02 Å². The van der Waals surface area contributed by atoms with Gasteiger partial charge in [-0.1, -0.05) is 42.3 Å². The number of carbonyl (C=O) groups excluding carboxylic acids is 1. The SMILES string of the molecule is O=C(Nc1ccc(Cn2cncn2)cc1)C1(c2ccc(Cl)cc2)CCC1. The van der Waals surface area contributed by atoms with E-state index in [1.54, 1.807) is 11.0 Å². The van der Waals surface area contributed by atoms with E-state index in [1.807, 2.05) is 48.5 Å². The molecule has 0 saturated heterocycles. The molecular formula is C20H19ClN4O. The monoisotopic (exact) mass is 366 g/mol. The predicted molar refractivity (Wildman–Crippen MR) is 101 cm³/mol. The van der Waals surface area contributed by atoms with Gasteiger partial charge in [0, 0.05) is 10.7 Å². The minimum Gasteiger partial charge on any atom is -0.325 e. The van der Waals surface area contributed by atoms with Crippen molar-refractivity contribution in [2.45, 2.75) is 31.2 Å². The highest BCUT2D eigenvalue weighted by Crippen LogP contribution is 2.44. The smallest absolute Gasteiger partial charge is 0.235 e. The summed E-state index contributed by atoms with van der Waals surface area (Å²) in [4.78, 5) is 16.9. The second-order valence-corrected chi connectivity index (χ2v) is 7.12. The van der Waals surface area contributed by atoms with Crippen LogP contribution in [0.15, 0.2) is 61.2 Å². The van der Waals surface area contributed by atoms with Crippen molar-refractivity contribution in [3.8, 4) is 0 Å². The maximum Gasteiger partial charge on any atom is 0.235 e. The zero-order valence-corrected chi connectivity index (χ0v) is 15.0. The highest BCUT2D eigenvalue weighted by Gasteiger charge is 2.45. The lowest BCUT2D eigenvalue weighted by atomic mass is 9.64. The first-order valence-electron chi connectivity index (χ1n) is 8.65. The van der Waals surface area contributed by atoms with Crippen LogP contribution in [0.25, 0.3) is 0 Å². The van der Waals surface area contributed by atoms with E-state index in [4.69, 9.17) is 11.6 Å². The molecule has 4 rings (SSSR count). The molecule has 0 bridgehead atoms. The molecule has 2 aromatic carbocycles. The van der Waals surface area contributed by atoms with E-state index in [1.165, 1.54) is 6.33 Å². The third kappa shape index (κ3) is 3.22. The number of hydrogen-bond acceptors (Lipinski definition) is 3. The lowest BCUT2D eigenvalue weighted by molar-refractivity contribution is -0.124. The molecule has 1 aliphatic carbocycles. The summed E-state index contributed by atoms with van der Waals surface area (Å²) in [5, 5.41) is 7.86. The van der Waals surface area contributed by atoms with Crippen LogP contribution in [0, 0.1) is 0 Å². The van der Waals surface area contributed by atoms with Crippen LogP contribution in [0.1, 0.15) is 30.4 Å². The van der Waals surface area contributed by atoms with E-state index in [2.05, 4.69) is 15.4 Å². The van der Waals surface area contributed by atoms with Gasteiger partial charge in [0.05, 0.1) is 12.0 Å². The lowest BCUT2D eigenvalue weighted by Crippen LogP contribution is -2.45. The highest BCUT2D eigenvalue weighted by molar-refractivity contribution is 6.30. The van der Waals surface area contributed by atoms with Crippen LogP contribution in [0.5, 0.6) is 0 Å². The van der Waals surface area contributed by atoms with Gasteiger partial charge in [0.25, 0.3) is 0 Å². The first-order valence-corrected chi connectivity index (χ1v) is 9.02. The Hall–Kier alpha value is -2.66. The number of benzene rings is 2. The Labute approximate surface area is 157 Å². The zero-order valence-electron chi connectivity index (χ0n) is 14.2. The highest BCUT2D eigenvalue weighted by atomic mass is 35.5. The molecule has 0 atom stereocenters. The molecule has 3 aromatic rings. The third-order valence-corrected chi connectivity index (χ3v) is 5.31. The molecule has 0 spiro atoms. The molecular weight excluding hydrogens is 348 g/mol. The lowest BCUT2D eigenvalue weighted by Gasteiger charge is -2.40. The van der Waals surface area contributed by atoms with Crippen molar-refractivity contribution in [2.24, 2.45) is 0 Å². The number of nitrogens with one attached hydrogen (secondary N) is 1. The van der Waals surface area contributed by atoms with Crippen molar-refractivity contribution in [1.82, 2.24) is 14.8 Å². The van der Waals surface area contributed by atoms with Crippen molar-refractivity contribution in [2.75, 3.05) is 5.32 Å². The molecule has 1 amide bonds. The summed E-state index contributed by atoms with van der Waals surface area (Å²) in [6.45, 7) is 0.656. The minimum absolute atomic E-state index is 0.0510. The van der Waals surface area contributed by atoms with Crippen LogP contribution in [0.3, 0.4) is 0 Å². The van der Waals surface area contributed by atoms with Gasteiger partial charge < -0.3 is 5.32 Å². The Balaban J connectivity index is 1.47. The average Bonchev–Trinajstić information content (AvgIpc) is 3.10. The molecule has 26 heavy (non-hydrogen) atoms. The molecule has 5 nitrogen and oxygen atoms in total. The van der Waals surface area contributed by atoms with Crippen LogP contribution in [-0.4, -0.2) is 20.7 Å². The fraction of sp³-hybridized carbons (Fsp3) is 0.250. The van der Waals surface area contributed by atoms with Crippen LogP contribution in [-0.2, 0) is 16.8 Å². The predicted octanol–water partition coefficient (Wildman–Crippen LogP) is 4.04. The van der Waals surface area contributed by atoms with Gasteiger partial charge in [-0.2, -0.15) is 5.10 Å². The van der Waals surface area contributed by atoms with Gasteiger partial charge in [-0.3, -0.25) is 4.79 Å². The summed E-state index contributed by atoms with van der Waals surface area (Å²) in [6.07, 6.45) is 5.99. The fourth-order valence-electron chi connectivity index (χ4n) is 3.39. The minimum atomic E-state index is -0.440. The molecule has 0 unspecified atom stereocenters. The van der Waals surface area contributed by atoms with Crippen LogP contribution in [0.4, 0.5) is 5.69 Å². The number of carbonyl (C=O) groups is 1. The average molecular weight is 367 g/mol. The van der Waals surface area contributed by atoms with Crippen molar-refractivity contribution < 1.29 is 4.79 Å². The van der Waals surface area contributed by atoms with Gasteiger partial charge in [0.1, 0.15) is 12.7 Å². The van der Waals surface area contributed by atoms with E-state index in [0.29, 0.717) is 11.6 Å². The summed E-state index contributed by atoms with van der Waals surface area (Å²) >= 11 is 5.99. The molecule has 1 N–H and O–H groups in total. The Bertz CT molecular complexity index is 885. The number of amides is 1. The van der Waals surface area contributed by atoms with Crippen molar-refractivity contribution in [3.63, 3.8) is 0 Å². The largest absolute Gasteiger partial charge is 0.325 e. The van der Waals surface area contributed by atoms with E-state index in [0.717, 1.165) is 36.1 Å². The number of halogens is 1. The molecule has 1 heterocycles. The van der Waals surface area contributed by atoms with E-state index in [9.17, 15) is 4.79 Å². The number of anilines is 1. The Morgan fingerprint density at radius 2 is 1.85 bits per heavy atom. The maximum absolute atomic E-state index is 13.0. The van der Waals surface area contributed by atoms with Crippen molar-refractivity contribution in [3.05, 3.63) is 77.3 Å². The summed E-state index contributed by atoms with van der Waals surface area (Å²) in [5.74, 6) is 0.0510. The van der Waals surface area contributed by atoms with E-state index >= 15 is 0 Å². The number of hydrogen-bond donors (Lipinski definition) is 1. The van der Waals surface area contributed by atoms with Gasteiger partial charge in [-0.05, 0) is 48.2 Å².